The minimum atomic E-state index is -1.08. The van der Waals surface area contributed by atoms with Crippen LogP contribution in [0.2, 0.25) is 0 Å². The SMILES string of the molecule is CCC(=O)N[C@@H](Cc1cn(C)cn1)C(=O)N[C@@H](CCC(C)(C)C)C(=O)O. The van der Waals surface area contributed by atoms with Crippen molar-refractivity contribution in [2.24, 2.45) is 12.5 Å². The summed E-state index contributed by atoms with van der Waals surface area (Å²) < 4.78 is 1.75. The van der Waals surface area contributed by atoms with Crippen molar-refractivity contribution in [3.05, 3.63) is 18.2 Å². The highest BCUT2D eigenvalue weighted by molar-refractivity contribution is 5.90. The molecule has 0 aliphatic rings. The van der Waals surface area contributed by atoms with Crippen molar-refractivity contribution in [3.8, 4) is 0 Å². The van der Waals surface area contributed by atoms with E-state index in [9.17, 15) is 19.5 Å². The number of imidazole rings is 1. The molecule has 0 saturated carbocycles. The van der Waals surface area contributed by atoms with Crippen LogP contribution in [0.25, 0.3) is 0 Å². The Kier molecular flexibility index (Phi) is 7.79. The van der Waals surface area contributed by atoms with E-state index in [1.54, 1.807) is 24.0 Å². The Balaban J connectivity index is 2.83. The maximum Gasteiger partial charge on any atom is 0.326 e. The molecule has 0 aliphatic carbocycles. The van der Waals surface area contributed by atoms with Crippen molar-refractivity contribution >= 4 is 17.8 Å². The Morgan fingerprint density at radius 1 is 1.23 bits per heavy atom. The molecule has 1 heterocycles. The van der Waals surface area contributed by atoms with Crippen LogP contribution >= 0.6 is 0 Å². The number of nitrogens with one attached hydrogen (secondary N) is 2. The summed E-state index contributed by atoms with van der Waals surface area (Å²) in [5, 5.41) is 14.6. The second-order valence-electron chi connectivity index (χ2n) is 7.71. The largest absolute Gasteiger partial charge is 0.480 e. The highest BCUT2D eigenvalue weighted by Crippen LogP contribution is 2.21. The topological polar surface area (TPSA) is 113 Å². The van der Waals surface area contributed by atoms with E-state index in [2.05, 4.69) is 15.6 Å². The number of hydrogen-bond donors (Lipinski definition) is 3. The second kappa shape index (κ2) is 9.35. The predicted octanol–water partition coefficient (Wildman–Crippen LogP) is 1.25. The summed E-state index contributed by atoms with van der Waals surface area (Å²) in [6, 6.07) is -1.86. The fourth-order valence-electron chi connectivity index (χ4n) is 2.39. The number of aryl methyl sites for hydroxylation is 1. The highest BCUT2D eigenvalue weighted by Gasteiger charge is 2.28. The minimum absolute atomic E-state index is 0.0395. The van der Waals surface area contributed by atoms with Gasteiger partial charge >= 0.3 is 5.97 Å². The van der Waals surface area contributed by atoms with Gasteiger partial charge in [-0.2, -0.15) is 0 Å². The van der Waals surface area contributed by atoms with E-state index in [0.29, 0.717) is 18.5 Å². The first kappa shape index (κ1) is 21.7. The zero-order chi connectivity index (χ0) is 19.9. The van der Waals surface area contributed by atoms with Crippen LogP contribution in [-0.2, 0) is 27.9 Å². The van der Waals surface area contributed by atoms with Gasteiger partial charge in [-0.15, -0.1) is 0 Å². The number of carbonyl (C=O) groups is 3. The van der Waals surface area contributed by atoms with Crippen molar-refractivity contribution in [2.45, 2.75) is 65.5 Å². The zero-order valence-corrected chi connectivity index (χ0v) is 16.2. The molecule has 2 atom stereocenters. The summed E-state index contributed by atoms with van der Waals surface area (Å²) in [5.41, 5.74) is 0.605. The first-order chi connectivity index (χ1) is 12.0. The van der Waals surface area contributed by atoms with Crippen molar-refractivity contribution in [3.63, 3.8) is 0 Å². The molecule has 0 aliphatic heterocycles. The van der Waals surface area contributed by atoms with Crippen LogP contribution < -0.4 is 10.6 Å². The van der Waals surface area contributed by atoms with Crippen LogP contribution in [0, 0.1) is 5.41 Å². The maximum atomic E-state index is 12.6. The number of carbonyl (C=O) groups excluding carboxylic acids is 2. The predicted molar refractivity (Wildman–Crippen MR) is 97.4 cm³/mol. The minimum Gasteiger partial charge on any atom is -0.480 e. The van der Waals surface area contributed by atoms with Gasteiger partial charge in [0.05, 0.1) is 12.0 Å². The third kappa shape index (κ3) is 7.67. The molecule has 146 valence electrons. The van der Waals surface area contributed by atoms with Gasteiger partial charge in [0.2, 0.25) is 11.8 Å². The summed E-state index contributed by atoms with van der Waals surface area (Å²) in [6.07, 6.45) is 4.77. The molecule has 0 bridgehead atoms. The monoisotopic (exact) mass is 366 g/mol. The quantitative estimate of drug-likeness (QED) is 0.609. The van der Waals surface area contributed by atoms with Gasteiger partial charge in [-0.1, -0.05) is 27.7 Å². The van der Waals surface area contributed by atoms with Crippen LogP contribution in [0.3, 0.4) is 0 Å². The first-order valence-electron chi connectivity index (χ1n) is 8.81. The van der Waals surface area contributed by atoms with E-state index in [4.69, 9.17) is 0 Å². The number of aromatic nitrogens is 2. The molecule has 0 radical (unpaired) electrons. The highest BCUT2D eigenvalue weighted by atomic mass is 16.4. The lowest BCUT2D eigenvalue weighted by Crippen LogP contribution is -2.52. The Morgan fingerprint density at radius 3 is 2.35 bits per heavy atom. The molecule has 1 aromatic heterocycles. The van der Waals surface area contributed by atoms with Gasteiger partial charge < -0.3 is 20.3 Å². The summed E-state index contributed by atoms with van der Waals surface area (Å²) in [5.74, 6) is -1.87. The van der Waals surface area contributed by atoms with E-state index in [1.165, 1.54) is 0 Å². The third-order valence-corrected chi connectivity index (χ3v) is 3.94. The molecule has 0 spiro atoms. The molecule has 3 N–H and O–H groups in total. The van der Waals surface area contributed by atoms with Gasteiger partial charge in [0.15, 0.2) is 0 Å². The van der Waals surface area contributed by atoms with Crippen molar-refractivity contribution < 1.29 is 19.5 Å². The molecule has 1 rings (SSSR count). The normalized spacial score (nSPS) is 13.7. The molecule has 0 saturated heterocycles. The zero-order valence-electron chi connectivity index (χ0n) is 16.2. The van der Waals surface area contributed by atoms with Crippen LogP contribution in [0.4, 0.5) is 0 Å². The molecule has 8 heteroatoms. The smallest absolute Gasteiger partial charge is 0.326 e. The standard InChI is InChI=1S/C18H30N4O4/c1-6-15(23)20-14(9-12-10-22(5)11-19-12)16(24)21-13(17(25)26)7-8-18(2,3)4/h10-11,13-14H,6-9H2,1-5H3,(H,20,23)(H,21,24)(H,25,26)/t13-,14-/m0/s1. The van der Waals surface area contributed by atoms with Crippen LogP contribution in [0.15, 0.2) is 12.5 Å². The Labute approximate surface area is 154 Å². The van der Waals surface area contributed by atoms with Gasteiger partial charge in [0, 0.05) is 26.1 Å². The Bertz CT molecular complexity index is 633. The lowest BCUT2D eigenvalue weighted by Gasteiger charge is -2.24. The molecule has 8 nitrogen and oxygen atoms in total. The fraction of sp³-hybridized carbons (Fsp3) is 0.667. The van der Waals surface area contributed by atoms with Crippen LogP contribution in [0.5, 0.6) is 0 Å². The van der Waals surface area contributed by atoms with Crippen molar-refractivity contribution in [2.75, 3.05) is 0 Å². The van der Waals surface area contributed by atoms with Crippen LogP contribution in [0.1, 0.15) is 52.7 Å². The van der Waals surface area contributed by atoms with E-state index in [0.717, 1.165) is 0 Å². The Morgan fingerprint density at radius 2 is 1.88 bits per heavy atom. The lowest BCUT2D eigenvalue weighted by molar-refractivity contribution is -0.142. The molecule has 0 unspecified atom stereocenters. The molecule has 26 heavy (non-hydrogen) atoms. The van der Waals surface area contributed by atoms with Crippen LogP contribution in [-0.4, -0.2) is 44.5 Å². The molecular weight excluding hydrogens is 336 g/mol. The summed E-state index contributed by atoms with van der Waals surface area (Å²) in [6.45, 7) is 7.73. The number of carboxylic acid groups (broad SMARTS) is 1. The second-order valence-corrected chi connectivity index (χ2v) is 7.71. The molecule has 0 aromatic carbocycles. The summed E-state index contributed by atoms with van der Waals surface area (Å²) in [4.78, 5) is 40.1. The number of carboxylic acids is 1. The summed E-state index contributed by atoms with van der Waals surface area (Å²) in [7, 11) is 1.81. The third-order valence-electron chi connectivity index (χ3n) is 3.94. The lowest BCUT2D eigenvalue weighted by atomic mass is 9.88. The van der Waals surface area contributed by atoms with Gasteiger partial charge in [-0.05, 0) is 18.3 Å². The van der Waals surface area contributed by atoms with Gasteiger partial charge in [0.25, 0.3) is 0 Å². The molecule has 2 amide bonds. The van der Waals surface area contributed by atoms with E-state index in [-0.39, 0.29) is 24.2 Å². The van der Waals surface area contributed by atoms with E-state index in [1.807, 2.05) is 27.8 Å². The number of amides is 2. The first-order valence-corrected chi connectivity index (χ1v) is 8.81. The van der Waals surface area contributed by atoms with Crippen molar-refractivity contribution in [1.82, 2.24) is 20.2 Å². The number of aliphatic carboxylic acids is 1. The molecular formula is C18H30N4O4. The Hall–Kier alpha value is -2.38. The van der Waals surface area contributed by atoms with Gasteiger partial charge in [-0.3, -0.25) is 9.59 Å². The number of hydrogen-bond acceptors (Lipinski definition) is 4. The average molecular weight is 366 g/mol. The fourth-order valence-corrected chi connectivity index (χ4v) is 2.39. The van der Waals surface area contributed by atoms with E-state index < -0.39 is 24.0 Å². The van der Waals surface area contributed by atoms with Crippen molar-refractivity contribution in [1.29, 1.82) is 0 Å². The average Bonchev–Trinajstić information content (AvgIpc) is 2.94. The molecule has 1 aromatic rings. The van der Waals surface area contributed by atoms with Gasteiger partial charge in [0.1, 0.15) is 12.1 Å². The van der Waals surface area contributed by atoms with E-state index >= 15 is 0 Å². The summed E-state index contributed by atoms with van der Waals surface area (Å²) >= 11 is 0. The van der Waals surface area contributed by atoms with Gasteiger partial charge in [-0.25, -0.2) is 9.78 Å². The maximum absolute atomic E-state index is 12.6. The number of nitrogens with zero attached hydrogens (tertiary/aromatic N) is 2. The number of rotatable bonds is 9. The molecule has 0 fully saturated rings.